The molecule has 1 atom stereocenters. The van der Waals surface area contributed by atoms with Gasteiger partial charge in [-0.1, -0.05) is 13.3 Å². The van der Waals surface area contributed by atoms with Gasteiger partial charge in [0.05, 0.1) is 11.5 Å². The second-order valence-electron chi connectivity index (χ2n) is 7.04. The van der Waals surface area contributed by atoms with E-state index in [1.54, 1.807) is 0 Å². The second kappa shape index (κ2) is 9.34. The molecule has 1 fully saturated rings. The second-order valence-corrected chi connectivity index (χ2v) is 7.04. The largest absolute Gasteiger partial charge is 0.494 e. The van der Waals surface area contributed by atoms with Crippen molar-refractivity contribution in [1.29, 1.82) is 0 Å². The summed E-state index contributed by atoms with van der Waals surface area (Å²) in [4.78, 5) is 21.8. The molecule has 0 amide bonds. The number of unbranched alkanes of at least 4 members (excludes halogenated alkanes) is 1. The summed E-state index contributed by atoms with van der Waals surface area (Å²) in [5.74, 6) is 1.36. The molecular weight excluding hydrogens is 358 g/mol. The molecule has 1 aromatic carbocycles. The molecule has 3 rings (SSSR count). The van der Waals surface area contributed by atoms with Crippen LogP contribution in [0.3, 0.4) is 0 Å². The van der Waals surface area contributed by atoms with Crippen molar-refractivity contribution < 1.29 is 9.66 Å². The minimum Gasteiger partial charge on any atom is -0.494 e. The molecule has 28 heavy (non-hydrogen) atoms. The van der Waals surface area contributed by atoms with E-state index in [1.165, 1.54) is 6.33 Å². The standard InChI is InChI=1S/C20H27N5O3/c1-3-4-13-28-17-10-8-16(9-11-17)23-19-18(25(26)27)20(22-14-21-19)24-12-6-5-7-15(24)2/h8-11,14-15H,3-7,12-13H2,1-2H3,(H,21,22,23). The average molecular weight is 385 g/mol. The van der Waals surface area contributed by atoms with Gasteiger partial charge in [0.25, 0.3) is 0 Å². The van der Waals surface area contributed by atoms with E-state index in [0.717, 1.165) is 44.4 Å². The van der Waals surface area contributed by atoms with Crippen LogP contribution in [0.4, 0.5) is 23.0 Å². The molecular formula is C20H27N5O3. The average Bonchev–Trinajstić information content (AvgIpc) is 2.69. The topological polar surface area (TPSA) is 93.4 Å². The van der Waals surface area contributed by atoms with Gasteiger partial charge in [0.15, 0.2) is 0 Å². The zero-order valence-electron chi connectivity index (χ0n) is 16.4. The van der Waals surface area contributed by atoms with Gasteiger partial charge in [0.1, 0.15) is 12.1 Å². The summed E-state index contributed by atoms with van der Waals surface area (Å²) in [6.07, 6.45) is 6.61. The quantitative estimate of drug-likeness (QED) is 0.400. The normalized spacial score (nSPS) is 16.6. The molecule has 8 nitrogen and oxygen atoms in total. The lowest BCUT2D eigenvalue weighted by molar-refractivity contribution is -0.383. The number of nitrogens with one attached hydrogen (secondary N) is 1. The Balaban J connectivity index is 1.82. The van der Waals surface area contributed by atoms with Crippen molar-refractivity contribution in [3.05, 3.63) is 40.7 Å². The van der Waals surface area contributed by atoms with Crippen LogP contribution in [0.15, 0.2) is 30.6 Å². The smallest absolute Gasteiger partial charge is 0.353 e. The van der Waals surface area contributed by atoms with E-state index in [-0.39, 0.29) is 17.5 Å². The third-order valence-corrected chi connectivity index (χ3v) is 4.94. The fraction of sp³-hybridized carbons (Fsp3) is 0.500. The number of benzene rings is 1. The van der Waals surface area contributed by atoms with Crippen LogP contribution >= 0.6 is 0 Å². The molecule has 0 radical (unpaired) electrons. The third kappa shape index (κ3) is 4.68. The van der Waals surface area contributed by atoms with E-state index in [1.807, 2.05) is 29.2 Å². The summed E-state index contributed by atoms with van der Waals surface area (Å²) in [7, 11) is 0. The monoisotopic (exact) mass is 385 g/mol. The van der Waals surface area contributed by atoms with Gasteiger partial charge in [-0.3, -0.25) is 10.1 Å². The van der Waals surface area contributed by atoms with Crippen LogP contribution in [0.2, 0.25) is 0 Å². The van der Waals surface area contributed by atoms with Crippen LogP contribution in [0.1, 0.15) is 46.0 Å². The molecule has 1 saturated heterocycles. The molecule has 1 aromatic heterocycles. The van der Waals surface area contributed by atoms with Gasteiger partial charge in [-0.05, 0) is 56.9 Å². The number of anilines is 3. The van der Waals surface area contributed by atoms with Crippen molar-refractivity contribution in [1.82, 2.24) is 9.97 Å². The van der Waals surface area contributed by atoms with Gasteiger partial charge in [-0.25, -0.2) is 9.97 Å². The number of nitro groups is 1. The highest BCUT2D eigenvalue weighted by Crippen LogP contribution is 2.36. The van der Waals surface area contributed by atoms with E-state index in [0.29, 0.717) is 18.1 Å². The minimum absolute atomic E-state index is 0.0838. The first-order valence-corrected chi connectivity index (χ1v) is 9.86. The molecule has 1 N–H and O–H groups in total. The highest BCUT2D eigenvalue weighted by Gasteiger charge is 2.30. The predicted octanol–water partition coefficient (Wildman–Crippen LogP) is 4.69. The fourth-order valence-corrected chi connectivity index (χ4v) is 3.36. The highest BCUT2D eigenvalue weighted by atomic mass is 16.6. The summed E-state index contributed by atoms with van der Waals surface area (Å²) < 4.78 is 5.66. The van der Waals surface area contributed by atoms with E-state index in [9.17, 15) is 10.1 Å². The number of hydrogen-bond donors (Lipinski definition) is 1. The third-order valence-electron chi connectivity index (χ3n) is 4.94. The summed E-state index contributed by atoms with van der Waals surface area (Å²) in [5, 5.41) is 14.9. The van der Waals surface area contributed by atoms with Gasteiger partial charge in [-0.15, -0.1) is 0 Å². The van der Waals surface area contributed by atoms with E-state index < -0.39 is 4.92 Å². The molecule has 1 aliphatic rings. The lowest BCUT2D eigenvalue weighted by Gasteiger charge is -2.33. The first kappa shape index (κ1) is 19.9. The number of nitrogens with zero attached hydrogens (tertiary/aromatic N) is 4. The zero-order chi connectivity index (χ0) is 19.9. The van der Waals surface area contributed by atoms with Crippen molar-refractivity contribution in [2.75, 3.05) is 23.4 Å². The Morgan fingerprint density at radius 1 is 1.29 bits per heavy atom. The van der Waals surface area contributed by atoms with Crippen LogP contribution in [0, 0.1) is 10.1 Å². The number of piperidine rings is 1. The van der Waals surface area contributed by atoms with Gasteiger partial charge < -0.3 is 15.0 Å². The van der Waals surface area contributed by atoms with E-state index in [2.05, 4.69) is 29.1 Å². The minimum atomic E-state index is -0.402. The zero-order valence-corrected chi connectivity index (χ0v) is 16.4. The molecule has 0 spiro atoms. The van der Waals surface area contributed by atoms with Crippen molar-refractivity contribution in [2.45, 2.75) is 52.0 Å². The molecule has 150 valence electrons. The van der Waals surface area contributed by atoms with Crippen LogP contribution < -0.4 is 15.0 Å². The summed E-state index contributed by atoms with van der Waals surface area (Å²) in [5.41, 5.74) is 0.627. The van der Waals surface area contributed by atoms with Gasteiger partial charge in [-0.2, -0.15) is 0 Å². The van der Waals surface area contributed by atoms with E-state index in [4.69, 9.17) is 4.74 Å². The molecule has 8 heteroatoms. The van der Waals surface area contributed by atoms with Gasteiger partial charge in [0.2, 0.25) is 11.6 Å². The van der Waals surface area contributed by atoms with Crippen LogP contribution in [0.5, 0.6) is 5.75 Å². The van der Waals surface area contributed by atoms with Crippen LogP contribution in [0.25, 0.3) is 0 Å². The Bertz CT molecular complexity index is 797. The maximum absolute atomic E-state index is 11.8. The highest BCUT2D eigenvalue weighted by molar-refractivity contribution is 5.74. The van der Waals surface area contributed by atoms with Crippen molar-refractivity contribution in [3.8, 4) is 5.75 Å². The number of hydrogen-bond acceptors (Lipinski definition) is 7. The number of rotatable bonds is 8. The molecule has 0 bridgehead atoms. The lowest BCUT2D eigenvalue weighted by atomic mass is 10.0. The van der Waals surface area contributed by atoms with E-state index >= 15 is 0 Å². The van der Waals surface area contributed by atoms with Crippen molar-refractivity contribution in [3.63, 3.8) is 0 Å². The Morgan fingerprint density at radius 2 is 2.07 bits per heavy atom. The molecule has 1 aliphatic heterocycles. The molecule has 2 aromatic rings. The summed E-state index contributed by atoms with van der Waals surface area (Å²) in [6.45, 7) is 5.64. The van der Waals surface area contributed by atoms with Crippen LogP contribution in [-0.2, 0) is 0 Å². The summed E-state index contributed by atoms with van der Waals surface area (Å²) in [6, 6.07) is 7.57. The first-order chi connectivity index (χ1) is 13.6. The fourth-order valence-electron chi connectivity index (χ4n) is 3.36. The Labute approximate surface area is 165 Å². The van der Waals surface area contributed by atoms with Gasteiger partial charge >= 0.3 is 5.69 Å². The maximum atomic E-state index is 11.8. The molecule has 0 saturated carbocycles. The Morgan fingerprint density at radius 3 is 2.75 bits per heavy atom. The predicted molar refractivity (Wildman–Crippen MR) is 109 cm³/mol. The summed E-state index contributed by atoms with van der Waals surface area (Å²) >= 11 is 0. The number of ether oxygens (including phenoxy) is 1. The van der Waals surface area contributed by atoms with Crippen LogP contribution in [-0.4, -0.2) is 34.1 Å². The molecule has 0 aliphatic carbocycles. The number of aromatic nitrogens is 2. The Hall–Kier alpha value is -2.90. The molecule has 2 heterocycles. The maximum Gasteiger partial charge on any atom is 0.353 e. The Kier molecular flexibility index (Phi) is 6.62. The lowest BCUT2D eigenvalue weighted by Crippen LogP contribution is -2.38. The van der Waals surface area contributed by atoms with Gasteiger partial charge in [0, 0.05) is 18.3 Å². The molecule has 1 unspecified atom stereocenters. The SMILES string of the molecule is CCCCOc1ccc(Nc2ncnc(N3CCCCC3C)c2[N+](=O)[O-])cc1. The van der Waals surface area contributed by atoms with Crippen molar-refractivity contribution >= 4 is 23.0 Å². The van der Waals surface area contributed by atoms with Crippen molar-refractivity contribution in [2.24, 2.45) is 0 Å². The first-order valence-electron chi connectivity index (χ1n) is 9.86.